The van der Waals surface area contributed by atoms with Gasteiger partial charge >= 0.3 is 0 Å². The maximum Gasteiger partial charge on any atom is 0.222 e. The molecule has 1 aromatic heterocycles. The van der Waals surface area contributed by atoms with Gasteiger partial charge in [0.1, 0.15) is 5.76 Å². The Hall–Kier alpha value is -1.33. The van der Waals surface area contributed by atoms with E-state index in [1.807, 2.05) is 6.07 Å². The molecular weight excluding hydrogens is 196 g/mol. The third kappa shape index (κ3) is 2.57. The fourth-order valence-corrected chi connectivity index (χ4v) is 1.45. The molecule has 0 bridgehead atoms. The molecule has 2 heterocycles. The van der Waals surface area contributed by atoms with Crippen LogP contribution in [0.4, 0.5) is 0 Å². The van der Waals surface area contributed by atoms with E-state index in [4.69, 9.17) is 14.9 Å². The Labute approximate surface area is 87.6 Å². The molecule has 1 aliphatic rings. The monoisotopic (exact) mass is 210 g/mol. The third-order valence-electron chi connectivity index (χ3n) is 2.33. The van der Waals surface area contributed by atoms with Crippen LogP contribution in [0.15, 0.2) is 22.8 Å². The van der Waals surface area contributed by atoms with Gasteiger partial charge in [0.2, 0.25) is 5.91 Å². The molecule has 15 heavy (non-hydrogen) atoms. The van der Waals surface area contributed by atoms with Crippen LogP contribution in [0.25, 0.3) is 0 Å². The van der Waals surface area contributed by atoms with Crippen LogP contribution >= 0.6 is 0 Å². The van der Waals surface area contributed by atoms with E-state index in [2.05, 4.69) is 5.32 Å². The van der Waals surface area contributed by atoms with Gasteiger partial charge < -0.3 is 20.2 Å². The molecule has 0 atom stereocenters. The van der Waals surface area contributed by atoms with Crippen molar-refractivity contribution in [1.82, 2.24) is 5.32 Å². The van der Waals surface area contributed by atoms with Crippen LogP contribution in [-0.2, 0) is 16.1 Å². The van der Waals surface area contributed by atoms with Crippen LogP contribution in [-0.4, -0.2) is 24.7 Å². The van der Waals surface area contributed by atoms with Crippen molar-refractivity contribution in [1.29, 1.82) is 0 Å². The lowest BCUT2D eigenvalue weighted by molar-refractivity contribution is -0.128. The third-order valence-corrected chi connectivity index (χ3v) is 2.33. The number of furan rings is 1. The normalized spacial score (nSPS) is 18.2. The summed E-state index contributed by atoms with van der Waals surface area (Å²) >= 11 is 0. The van der Waals surface area contributed by atoms with Gasteiger partial charge in [-0.05, 0) is 12.1 Å². The van der Waals surface area contributed by atoms with Gasteiger partial charge in [-0.15, -0.1) is 0 Å². The Bertz CT molecular complexity index is 330. The van der Waals surface area contributed by atoms with Crippen molar-refractivity contribution < 1.29 is 13.9 Å². The molecule has 2 rings (SSSR count). The van der Waals surface area contributed by atoms with Crippen LogP contribution in [0.1, 0.15) is 12.2 Å². The SMILES string of the molecule is NC1(CC(=O)NCc2ccco2)COC1. The van der Waals surface area contributed by atoms with E-state index >= 15 is 0 Å². The number of ether oxygens (including phenoxy) is 1. The summed E-state index contributed by atoms with van der Waals surface area (Å²) < 4.78 is 10.0. The summed E-state index contributed by atoms with van der Waals surface area (Å²) in [6.07, 6.45) is 1.87. The number of amides is 1. The van der Waals surface area contributed by atoms with Crippen molar-refractivity contribution >= 4 is 5.91 Å². The predicted molar refractivity (Wildman–Crippen MR) is 52.9 cm³/mol. The van der Waals surface area contributed by atoms with Gasteiger partial charge in [-0.2, -0.15) is 0 Å². The van der Waals surface area contributed by atoms with E-state index in [0.717, 1.165) is 5.76 Å². The number of carbonyl (C=O) groups excluding carboxylic acids is 1. The van der Waals surface area contributed by atoms with Crippen molar-refractivity contribution in [2.45, 2.75) is 18.5 Å². The van der Waals surface area contributed by atoms with Crippen LogP contribution in [0.5, 0.6) is 0 Å². The van der Waals surface area contributed by atoms with Gasteiger partial charge in [-0.1, -0.05) is 0 Å². The maximum absolute atomic E-state index is 11.5. The van der Waals surface area contributed by atoms with E-state index in [1.165, 1.54) is 0 Å². The highest BCUT2D eigenvalue weighted by atomic mass is 16.5. The summed E-state index contributed by atoms with van der Waals surface area (Å²) in [5, 5.41) is 2.74. The van der Waals surface area contributed by atoms with Gasteiger partial charge in [0.15, 0.2) is 0 Å². The minimum Gasteiger partial charge on any atom is -0.467 e. The van der Waals surface area contributed by atoms with Crippen molar-refractivity contribution in [3.8, 4) is 0 Å². The zero-order chi connectivity index (χ0) is 10.7. The fraction of sp³-hybridized carbons (Fsp3) is 0.500. The molecule has 1 saturated heterocycles. The lowest BCUT2D eigenvalue weighted by atomic mass is 9.94. The first kappa shape index (κ1) is 10.2. The van der Waals surface area contributed by atoms with Crippen LogP contribution in [0.3, 0.4) is 0 Å². The molecule has 1 fully saturated rings. The molecule has 0 aromatic carbocycles. The Kier molecular flexibility index (Phi) is 2.75. The fourth-order valence-electron chi connectivity index (χ4n) is 1.45. The van der Waals surface area contributed by atoms with Crippen molar-refractivity contribution in [2.75, 3.05) is 13.2 Å². The molecule has 0 saturated carbocycles. The standard InChI is InChI=1S/C10H14N2O3/c11-10(6-14-7-10)4-9(13)12-5-8-2-1-3-15-8/h1-3H,4-7,11H2,(H,12,13). The highest BCUT2D eigenvalue weighted by Gasteiger charge is 2.36. The number of hydrogen-bond donors (Lipinski definition) is 2. The molecule has 1 aromatic rings. The average molecular weight is 210 g/mol. The molecule has 0 spiro atoms. The largest absolute Gasteiger partial charge is 0.467 e. The second kappa shape index (κ2) is 4.04. The molecule has 82 valence electrons. The molecule has 0 unspecified atom stereocenters. The van der Waals surface area contributed by atoms with Crippen LogP contribution in [0.2, 0.25) is 0 Å². The summed E-state index contributed by atoms with van der Waals surface area (Å²) in [5.41, 5.74) is 5.38. The molecular formula is C10H14N2O3. The number of nitrogens with two attached hydrogens (primary N) is 1. The van der Waals surface area contributed by atoms with Crippen molar-refractivity contribution in [3.05, 3.63) is 24.2 Å². The topological polar surface area (TPSA) is 77.5 Å². The zero-order valence-electron chi connectivity index (χ0n) is 8.36. The average Bonchev–Trinajstić information content (AvgIpc) is 2.64. The first-order valence-corrected chi connectivity index (χ1v) is 4.84. The van der Waals surface area contributed by atoms with Gasteiger partial charge in [-0.3, -0.25) is 4.79 Å². The number of rotatable bonds is 4. The van der Waals surface area contributed by atoms with Gasteiger partial charge in [0.25, 0.3) is 0 Å². The minimum atomic E-state index is -0.465. The second-order valence-electron chi connectivity index (χ2n) is 3.89. The highest BCUT2D eigenvalue weighted by molar-refractivity contribution is 5.77. The van der Waals surface area contributed by atoms with Crippen molar-refractivity contribution in [3.63, 3.8) is 0 Å². The molecule has 1 aliphatic heterocycles. The molecule has 1 amide bonds. The lowest BCUT2D eigenvalue weighted by Crippen LogP contribution is -2.59. The summed E-state index contributed by atoms with van der Waals surface area (Å²) in [5.74, 6) is 0.663. The number of carbonyl (C=O) groups is 1. The second-order valence-corrected chi connectivity index (χ2v) is 3.89. The zero-order valence-corrected chi connectivity index (χ0v) is 8.36. The lowest BCUT2D eigenvalue weighted by Gasteiger charge is -2.37. The Balaban J connectivity index is 1.73. The predicted octanol–water partition coefficient (Wildman–Crippen LogP) is 0.0136. The summed E-state index contributed by atoms with van der Waals surface area (Å²) in [6.45, 7) is 1.32. The Morgan fingerprint density at radius 1 is 1.60 bits per heavy atom. The Morgan fingerprint density at radius 3 is 2.93 bits per heavy atom. The first-order valence-electron chi connectivity index (χ1n) is 4.84. The van der Waals surface area contributed by atoms with E-state index < -0.39 is 5.54 Å². The number of hydrogen-bond acceptors (Lipinski definition) is 4. The summed E-state index contributed by atoms with van der Waals surface area (Å²) in [4.78, 5) is 11.5. The van der Waals surface area contributed by atoms with E-state index in [-0.39, 0.29) is 5.91 Å². The van der Waals surface area contributed by atoms with Crippen LogP contribution in [0, 0.1) is 0 Å². The number of nitrogens with one attached hydrogen (secondary N) is 1. The van der Waals surface area contributed by atoms with Gasteiger partial charge in [-0.25, -0.2) is 0 Å². The summed E-state index contributed by atoms with van der Waals surface area (Å²) in [6, 6.07) is 3.59. The maximum atomic E-state index is 11.5. The molecule has 0 aliphatic carbocycles. The Morgan fingerprint density at radius 2 is 2.40 bits per heavy atom. The highest BCUT2D eigenvalue weighted by Crippen LogP contribution is 2.17. The smallest absolute Gasteiger partial charge is 0.222 e. The van der Waals surface area contributed by atoms with Crippen LogP contribution < -0.4 is 11.1 Å². The van der Waals surface area contributed by atoms with E-state index in [0.29, 0.717) is 26.2 Å². The van der Waals surface area contributed by atoms with Gasteiger partial charge in [0, 0.05) is 6.42 Å². The quantitative estimate of drug-likeness (QED) is 0.734. The molecule has 5 nitrogen and oxygen atoms in total. The molecule has 5 heteroatoms. The van der Waals surface area contributed by atoms with E-state index in [9.17, 15) is 4.79 Å². The minimum absolute atomic E-state index is 0.0720. The molecule has 3 N–H and O–H groups in total. The molecule has 0 radical (unpaired) electrons. The first-order chi connectivity index (χ1) is 7.18. The van der Waals surface area contributed by atoms with E-state index in [1.54, 1.807) is 12.3 Å². The van der Waals surface area contributed by atoms with Gasteiger partial charge in [0.05, 0.1) is 31.6 Å². The summed E-state index contributed by atoms with van der Waals surface area (Å²) in [7, 11) is 0. The van der Waals surface area contributed by atoms with Crippen molar-refractivity contribution in [2.24, 2.45) is 5.73 Å².